The molecule has 4 amide bonds. The quantitative estimate of drug-likeness (QED) is 0.0510. The Morgan fingerprint density at radius 2 is 1.16 bits per heavy atom. The number of aliphatic carboxylic acids is 1. The summed E-state index contributed by atoms with van der Waals surface area (Å²) < 4.78 is 0. The number of nitrogens with one attached hydrogen (secondary N) is 5. The number of aliphatic hydroxyl groups excluding tert-OH is 4. The minimum Gasteiger partial charge on any atom is -0.480 e. The maximum Gasteiger partial charge on any atom is 0.320 e. The van der Waals surface area contributed by atoms with Crippen LogP contribution in [0.25, 0.3) is 0 Å². The number of likely N-dealkylation sites (N-methyl/N-ethyl adjacent to an activating group) is 1. The Kier molecular flexibility index (Phi) is 19.1. The predicted octanol–water partition coefficient (Wildman–Crippen LogP) is -5.51. The molecule has 0 aliphatic carbocycles. The molecule has 0 radical (unpaired) electrons. The number of amides is 4. The van der Waals surface area contributed by atoms with E-state index in [0.29, 0.717) is 0 Å². The zero-order valence-corrected chi connectivity index (χ0v) is 24.0. The summed E-state index contributed by atoms with van der Waals surface area (Å²) in [7, 11) is 1.39. The first-order valence-corrected chi connectivity index (χ1v) is 13.3. The lowest BCUT2D eigenvalue weighted by Crippen LogP contribution is -2.54. The summed E-state index contributed by atoms with van der Waals surface area (Å²) in [6.07, 6.45) is -2.05. The summed E-state index contributed by atoms with van der Waals surface area (Å²) in [6, 6.07) is -5.55. The maximum absolute atomic E-state index is 12.5. The van der Waals surface area contributed by atoms with Gasteiger partial charge in [-0.3, -0.25) is 38.4 Å². The molecule has 5 atom stereocenters. The Morgan fingerprint density at radius 3 is 1.65 bits per heavy atom. The molecular formula is C25H41N5O13. The number of rotatable bonds is 23. The Balaban J connectivity index is 4.94. The van der Waals surface area contributed by atoms with Gasteiger partial charge >= 0.3 is 5.97 Å². The van der Waals surface area contributed by atoms with Crippen LogP contribution in [0.1, 0.15) is 39.0 Å². The second-order valence-corrected chi connectivity index (χ2v) is 9.50. The average Bonchev–Trinajstić information content (AvgIpc) is 2.97. The van der Waals surface area contributed by atoms with E-state index in [2.05, 4.69) is 26.6 Å². The first kappa shape index (κ1) is 39.2. The van der Waals surface area contributed by atoms with Gasteiger partial charge in [0.25, 0.3) is 0 Å². The molecule has 0 aliphatic rings. The number of aliphatic hydroxyl groups is 4. The number of carbonyl (C=O) groups is 8. The van der Waals surface area contributed by atoms with Crippen LogP contribution in [0, 0.1) is 5.92 Å². The fourth-order valence-corrected chi connectivity index (χ4v) is 3.51. The van der Waals surface area contributed by atoms with Crippen molar-refractivity contribution in [3.8, 4) is 0 Å². The smallest absolute Gasteiger partial charge is 0.320 e. The van der Waals surface area contributed by atoms with Gasteiger partial charge in [0.2, 0.25) is 23.6 Å². The lowest BCUT2D eigenvalue weighted by Gasteiger charge is -2.21. The van der Waals surface area contributed by atoms with Gasteiger partial charge in [-0.05, 0) is 20.4 Å². The monoisotopic (exact) mass is 619 g/mol. The molecule has 0 aliphatic heterocycles. The first-order valence-electron chi connectivity index (χ1n) is 13.3. The fraction of sp³-hybridized carbons (Fsp3) is 0.680. The molecule has 0 saturated carbocycles. The summed E-state index contributed by atoms with van der Waals surface area (Å²) in [5.41, 5.74) is 0. The molecule has 10 N–H and O–H groups in total. The number of ketones is 3. The van der Waals surface area contributed by atoms with Crippen LogP contribution in [-0.4, -0.2) is 137 Å². The van der Waals surface area contributed by atoms with Crippen LogP contribution in [0.4, 0.5) is 0 Å². The van der Waals surface area contributed by atoms with E-state index in [9.17, 15) is 58.8 Å². The van der Waals surface area contributed by atoms with E-state index >= 15 is 0 Å². The standard InChI is InChI=1S/C25H41N5O13/c1-13(35)8-27-23(40)14(9-31)7-20(37)17(11-33)28-22(39)6-4-19(36)16(10-32)30-24(41)18(12-34)29-21(38)5-3-15(26-2)25(42)43/h14-18,26,31-34H,3-12H2,1-2H3,(H,27,40)(H,28,39)(H,29,38)(H,30,41)(H,42,43). The summed E-state index contributed by atoms with van der Waals surface area (Å²) in [4.78, 5) is 95.8. The molecule has 0 aromatic rings. The predicted molar refractivity (Wildman–Crippen MR) is 145 cm³/mol. The van der Waals surface area contributed by atoms with E-state index in [1.807, 2.05) is 0 Å². The van der Waals surface area contributed by atoms with Crippen LogP contribution in [0.5, 0.6) is 0 Å². The van der Waals surface area contributed by atoms with Gasteiger partial charge in [-0.2, -0.15) is 0 Å². The van der Waals surface area contributed by atoms with Crippen molar-refractivity contribution < 1.29 is 63.9 Å². The molecule has 0 aromatic carbocycles. The highest BCUT2D eigenvalue weighted by Crippen LogP contribution is 2.07. The zero-order valence-electron chi connectivity index (χ0n) is 24.0. The van der Waals surface area contributed by atoms with Crippen molar-refractivity contribution in [3.05, 3.63) is 0 Å². The SMILES string of the molecule is CNC(CCC(=O)NC(CO)C(=O)NC(CO)C(=O)CCC(=O)NC(CO)C(=O)CC(CO)C(=O)NCC(C)=O)C(=O)O. The zero-order chi connectivity index (χ0) is 33.1. The summed E-state index contributed by atoms with van der Waals surface area (Å²) in [6.45, 7) is -2.47. The van der Waals surface area contributed by atoms with Crippen LogP contribution < -0.4 is 26.6 Å². The summed E-state index contributed by atoms with van der Waals surface area (Å²) in [5, 5.41) is 58.2. The third-order valence-electron chi connectivity index (χ3n) is 6.08. The second-order valence-electron chi connectivity index (χ2n) is 9.50. The van der Waals surface area contributed by atoms with Gasteiger partial charge in [0.05, 0.1) is 38.9 Å². The van der Waals surface area contributed by atoms with E-state index < -0.39 is 117 Å². The molecule has 0 bridgehead atoms. The average molecular weight is 620 g/mol. The number of hydrogen-bond donors (Lipinski definition) is 10. The van der Waals surface area contributed by atoms with Crippen molar-refractivity contribution in [2.24, 2.45) is 5.92 Å². The van der Waals surface area contributed by atoms with Gasteiger partial charge in [-0.1, -0.05) is 0 Å². The van der Waals surface area contributed by atoms with Crippen LogP contribution in [0.15, 0.2) is 0 Å². The molecule has 0 saturated heterocycles. The first-order chi connectivity index (χ1) is 20.2. The molecule has 244 valence electrons. The topological polar surface area (TPSA) is 298 Å². The third kappa shape index (κ3) is 15.3. The second kappa shape index (κ2) is 20.9. The van der Waals surface area contributed by atoms with Crippen LogP contribution in [-0.2, 0) is 38.4 Å². The van der Waals surface area contributed by atoms with Crippen molar-refractivity contribution in [2.45, 2.75) is 63.2 Å². The molecule has 43 heavy (non-hydrogen) atoms. The van der Waals surface area contributed by atoms with Gasteiger partial charge in [-0.15, -0.1) is 0 Å². The number of carbonyl (C=O) groups excluding carboxylic acids is 7. The third-order valence-corrected chi connectivity index (χ3v) is 6.08. The highest BCUT2D eigenvalue weighted by atomic mass is 16.4. The van der Waals surface area contributed by atoms with Gasteiger partial charge in [0.1, 0.15) is 30.0 Å². The Labute approximate surface area is 247 Å². The van der Waals surface area contributed by atoms with Crippen molar-refractivity contribution in [2.75, 3.05) is 40.0 Å². The number of carboxylic acids is 1. The van der Waals surface area contributed by atoms with Crippen molar-refractivity contribution in [1.29, 1.82) is 0 Å². The molecule has 0 spiro atoms. The van der Waals surface area contributed by atoms with Crippen molar-refractivity contribution in [3.63, 3.8) is 0 Å². The highest BCUT2D eigenvalue weighted by molar-refractivity contribution is 5.96. The minimum absolute atomic E-state index is 0.113. The van der Waals surface area contributed by atoms with E-state index in [4.69, 9.17) is 5.11 Å². The van der Waals surface area contributed by atoms with Gasteiger partial charge in [0.15, 0.2) is 11.6 Å². The Bertz CT molecular complexity index is 1010. The number of Topliss-reactive ketones (excluding diaryl/α,β-unsaturated/α-hetero) is 3. The highest BCUT2D eigenvalue weighted by Gasteiger charge is 2.29. The lowest BCUT2D eigenvalue weighted by atomic mass is 9.98. The molecule has 18 nitrogen and oxygen atoms in total. The lowest BCUT2D eigenvalue weighted by molar-refractivity contribution is -0.140. The Morgan fingerprint density at radius 1 is 0.628 bits per heavy atom. The van der Waals surface area contributed by atoms with E-state index in [0.717, 1.165) is 0 Å². The van der Waals surface area contributed by atoms with Gasteiger partial charge in [0, 0.05) is 25.7 Å². The molecule has 0 heterocycles. The molecular weight excluding hydrogens is 578 g/mol. The van der Waals surface area contributed by atoms with E-state index in [1.54, 1.807) is 0 Å². The fourth-order valence-electron chi connectivity index (χ4n) is 3.51. The van der Waals surface area contributed by atoms with Crippen molar-refractivity contribution >= 4 is 46.9 Å². The maximum atomic E-state index is 12.5. The molecule has 18 heteroatoms. The van der Waals surface area contributed by atoms with Gasteiger partial charge < -0.3 is 52.1 Å². The van der Waals surface area contributed by atoms with Crippen molar-refractivity contribution in [1.82, 2.24) is 26.6 Å². The number of carboxylic acid groups (broad SMARTS) is 1. The summed E-state index contributed by atoms with van der Waals surface area (Å²) >= 11 is 0. The number of hydrogen-bond acceptors (Lipinski definition) is 13. The molecule has 5 unspecified atom stereocenters. The Hall–Kier alpha value is -3.84. The van der Waals surface area contributed by atoms with Crippen LogP contribution in [0.2, 0.25) is 0 Å². The van der Waals surface area contributed by atoms with Crippen LogP contribution >= 0.6 is 0 Å². The van der Waals surface area contributed by atoms with Crippen LogP contribution in [0.3, 0.4) is 0 Å². The molecule has 0 rings (SSSR count). The normalized spacial score (nSPS) is 14.3. The van der Waals surface area contributed by atoms with E-state index in [-0.39, 0.29) is 25.2 Å². The summed E-state index contributed by atoms with van der Waals surface area (Å²) in [5.74, 6) is -7.85. The van der Waals surface area contributed by atoms with Gasteiger partial charge in [-0.25, -0.2) is 0 Å². The van der Waals surface area contributed by atoms with E-state index in [1.165, 1.54) is 14.0 Å². The largest absolute Gasteiger partial charge is 0.480 e. The minimum atomic E-state index is -1.53. The molecule has 0 fully saturated rings. The molecule has 0 aromatic heterocycles.